The van der Waals surface area contributed by atoms with Crippen LogP contribution >= 0.6 is 0 Å². The second-order valence-corrected chi connectivity index (χ2v) is 2.18. The molecule has 1 aliphatic heterocycles. The van der Waals surface area contributed by atoms with Crippen molar-refractivity contribution in [3.63, 3.8) is 0 Å². The lowest BCUT2D eigenvalue weighted by Gasteiger charge is -1.97. The van der Waals surface area contributed by atoms with Crippen molar-refractivity contribution in [1.82, 2.24) is 0 Å². The van der Waals surface area contributed by atoms with Crippen molar-refractivity contribution in [1.29, 1.82) is 0 Å². The normalized spacial score (nSPS) is 22.9. The summed E-state index contributed by atoms with van der Waals surface area (Å²) >= 11 is 0. The van der Waals surface area contributed by atoms with Gasteiger partial charge in [-0.25, -0.2) is 4.79 Å². The van der Waals surface area contributed by atoms with Gasteiger partial charge in [-0.2, -0.15) is 0 Å². The van der Waals surface area contributed by atoms with Gasteiger partial charge < -0.3 is 9.84 Å². The number of ether oxygens (including phenoxy) is 1. The molecule has 1 aliphatic rings. The Hall–Kier alpha value is -1.39. The van der Waals surface area contributed by atoms with Gasteiger partial charge in [0.05, 0.1) is 6.61 Å². The second kappa shape index (κ2) is 2.69. The van der Waals surface area contributed by atoms with Crippen molar-refractivity contribution in [2.75, 3.05) is 6.61 Å². The number of rotatable bonds is 2. The number of hydrogen-bond donors (Lipinski definition) is 1. The van der Waals surface area contributed by atoms with Crippen molar-refractivity contribution in [2.45, 2.75) is 6.42 Å². The molecular formula is C6H6O5. The molecule has 0 aromatic heterocycles. The summed E-state index contributed by atoms with van der Waals surface area (Å²) in [5, 5.41) is 8.20. The number of hydrogen-bond acceptors (Lipinski definition) is 4. The van der Waals surface area contributed by atoms with Crippen LogP contribution in [0.4, 0.5) is 0 Å². The summed E-state index contributed by atoms with van der Waals surface area (Å²) in [5.41, 5.74) is 0. The van der Waals surface area contributed by atoms with Crippen molar-refractivity contribution < 1.29 is 24.2 Å². The van der Waals surface area contributed by atoms with Crippen LogP contribution in [0.1, 0.15) is 6.42 Å². The maximum Gasteiger partial charge on any atom is 0.373 e. The molecule has 11 heavy (non-hydrogen) atoms. The van der Waals surface area contributed by atoms with Gasteiger partial charge in [-0.3, -0.25) is 9.59 Å². The van der Waals surface area contributed by atoms with E-state index < -0.39 is 23.6 Å². The topological polar surface area (TPSA) is 80.7 Å². The lowest BCUT2D eigenvalue weighted by molar-refractivity contribution is -0.155. The van der Waals surface area contributed by atoms with Gasteiger partial charge in [-0.05, 0) is 0 Å². The van der Waals surface area contributed by atoms with Crippen LogP contribution in [0, 0.1) is 5.92 Å². The van der Waals surface area contributed by atoms with E-state index >= 15 is 0 Å². The summed E-state index contributed by atoms with van der Waals surface area (Å²) in [6.07, 6.45) is 0.184. The summed E-state index contributed by atoms with van der Waals surface area (Å²) in [6, 6.07) is 0. The van der Waals surface area contributed by atoms with Gasteiger partial charge in [0.15, 0.2) is 0 Å². The second-order valence-electron chi connectivity index (χ2n) is 2.18. The van der Waals surface area contributed by atoms with Gasteiger partial charge in [-0.1, -0.05) is 0 Å². The minimum absolute atomic E-state index is 0.141. The minimum Gasteiger partial charge on any atom is -0.475 e. The fourth-order valence-corrected chi connectivity index (χ4v) is 0.883. The van der Waals surface area contributed by atoms with Crippen LogP contribution in [0.2, 0.25) is 0 Å². The number of esters is 1. The molecule has 1 fully saturated rings. The van der Waals surface area contributed by atoms with Gasteiger partial charge in [0.25, 0.3) is 5.78 Å². The summed E-state index contributed by atoms with van der Waals surface area (Å²) in [7, 11) is 0. The number of carbonyl (C=O) groups is 3. The Morgan fingerprint density at radius 1 is 1.55 bits per heavy atom. The predicted molar refractivity (Wildman–Crippen MR) is 31.7 cm³/mol. The third-order valence-corrected chi connectivity index (χ3v) is 1.46. The molecule has 1 N–H and O–H groups in total. The fourth-order valence-electron chi connectivity index (χ4n) is 0.883. The van der Waals surface area contributed by atoms with Gasteiger partial charge in [-0.15, -0.1) is 0 Å². The van der Waals surface area contributed by atoms with Crippen LogP contribution in [0.5, 0.6) is 0 Å². The third-order valence-electron chi connectivity index (χ3n) is 1.46. The van der Waals surface area contributed by atoms with Crippen LogP contribution in [0.15, 0.2) is 0 Å². The minimum atomic E-state index is -1.58. The van der Waals surface area contributed by atoms with E-state index in [1.807, 2.05) is 0 Å². The molecule has 0 bridgehead atoms. The highest BCUT2D eigenvalue weighted by Crippen LogP contribution is 2.14. The van der Waals surface area contributed by atoms with E-state index in [1.165, 1.54) is 0 Å². The van der Waals surface area contributed by atoms with Crippen molar-refractivity contribution >= 4 is 17.7 Å². The molecule has 0 aromatic rings. The first kappa shape index (κ1) is 7.71. The molecule has 5 nitrogen and oxygen atoms in total. The lowest BCUT2D eigenvalue weighted by Crippen LogP contribution is -2.26. The summed E-state index contributed by atoms with van der Waals surface area (Å²) < 4.78 is 4.41. The Bertz CT molecular complexity index is 219. The van der Waals surface area contributed by atoms with Crippen molar-refractivity contribution in [3.8, 4) is 0 Å². The Labute approximate surface area is 62.0 Å². The van der Waals surface area contributed by atoms with E-state index in [0.717, 1.165) is 0 Å². The molecular weight excluding hydrogens is 152 g/mol. The first-order valence-corrected chi connectivity index (χ1v) is 3.06. The Balaban J connectivity index is 2.67. The average molecular weight is 158 g/mol. The van der Waals surface area contributed by atoms with Crippen LogP contribution in [0.3, 0.4) is 0 Å². The molecule has 1 rings (SSSR count). The number of ketones is 1. The summed E-state index contributed by atoms with van der Waals surface area (Å²) in [6.45, 7) is 0.141. The smallest absolute Gasteiger partial charge is 0.373 e. The Kier molecular flexibility index (Phi) is 1.89. The molecule has 0 aliphatic carbocycles. The first-order chi connectivity index (χ1) is 5.13. The maximum absolute atomic E-state index is 10.7. The summed E-state index contributed by atoms with van der Waals surface area (Å²) in [4.78, 5) is 31.3. The van der Waals surface area contributed by atoms with Gasteiger partial charge in [0.1, 0.15) is 5.92 Å². The van der Waals surface area contributed by atoms with Crippen molar-refractivity contribution in [3.05, 3.63) is 0 Å². The Morgan fingerprint density at radius 2 is 2.18 bits per heavy atom. The van der Waals surface area contributed by atoms with E-state index in [2.05, 4.69) is 4.74 Å². The molecule has 5 heteroatoms. The van der Waals surface area contributed by atoms with Gasteiger partial charge in [0, 0.05) is 6.42 Å². The highest BCUT2D eigenvalue weighted by molar-refractivity contribution is 6.37. The highest BCUT2D eigenvalue weighted by atomic mass is 16.5. The summed E-state index contributed by atoms with van der Waals surface area (Å²) in [5.74, 6) is -4.45. The third kappa shape index (κ3) is 1.36. The van der Waals surface area contributed by atoms with Crippen LogP contribution in [-0.2, 0) is 19.1 Å². The zero-order valence-corrected chi connectivity index (χ0v) is 5.57. The van der Waals surface area contributed by atoms with E-state index in [-0.39, 0.29) is 13.0 Å². The van der Waals surface area contributed by atoms with Crippen LogP contribution in [0.25, 0.3) is 0 Å². The molecule has 0 aromatic carbocycles. The lowest BCUT2D eigenvalue weighted by atomic mass is 10.0. The first-order valence-electron chi connectivity index (χ1n) is 3.06. The molecule has 1 heterocycles. The molecule has 0 radical (unpaired) electrons. The van der Waals surface area contributed by atoms with E-state index in [1.54, 1.807) is 0 Å². The Morgan fingerprint density at radius 3 is 2.55 bits per heavy atom. The van der Waals surface area contributed by atoms with E-state index in [0.29, 0.717) is 0 Å². The van der Waals surface area contributed by atoms with E-state index in [4.69, 9.17) is 5.11 Å². The quantitative estimate of drug-likeness (QED) is 0.323. The van der Waals surface area contributed by atoms with Crippen molar-refractivity contribution in [2.24, 2.45) is 5.92 Å². The number of cyclic esters (lactones) is 1. The standard InChI is InChI=1S/C6H6O5/c7-4(5(8)9)3-1-2-11-6(3)10/h3H,1-2H2,(H,8,9). The number of carboxylic acids is 1. The zero-order chi connectivity index (χ0) is 8.43. The van der Waals surface area contributed by atoms with Gasteiger partial charge >= 0.3 is 11.9 Å². The predicted octanol–water partition coefficient (Wildman–Crippen LogP) is -0.797. The monoisotopic (exact) mass is 158 g/mol. The molecule has 1 saturated heterocycles. The fraction of sp³-hybridized carbons (Fsp3) is 0.500. The largest absolute Gasteiger partial charge is 0.475 e. The van der Waals surface area contributed by atoms with Gasteiger partial charge in [0.2, 0.25) is 0 Å². The average Bonchev–Trinajstić information content (AvgIpc) is 2.33. The number of Topliss-reactive ketones (excluding diaryl/α,β-unsaturated/α-hetero) is 1. The molecule has 60 valence electrons. The van der Waals surface area contributed by atoms with E-state index in [9.17, 15) is 14.4 Å². The number of aliphatic carboxylic acids is 1. The SMILES string of the molecule is O=C(O)C(=O)C1CCOC1=O. The maximum atomic E-state index is 10.7. The highest BCUT2D eigenvalue weighted by Gasteiger charge is 2.36. The number of carboxylic acid groups (broad SMARTS) is 1. The molecule has 0 spiro atoms. The van der Waals surface area contributed by atoms with Crippen LogP contribution in [-0.4, -0.2) is 29.4 Å². The molecule has 0 saturated carbocycles. The van der Waals surface area contributed by atoms with Crippen LogP contribution < -0.4 is 0 Å². The molecule has 1 unspecified atom stereocenters. The molecule has 1 atom stereocenters. The molecule has 0 amide bonds. The zero-order valence-electron chi connectivity index (χ0n) is 5.57. The number of carbonyl (C=O) groups excluding carboxylic acids is 2.